The maximum absolute atomic E-state index is 12.6. The number of para-hydroxylation sites is 2. The van der Waals surface area contributed by atoms with E-state index in [-0.39, 0.29) is 24.6 Å². The predicted molar refractivity (Wildman–Crippen MR) is 127 cm³/mol. The van der Waals surface area contributed by atoms with Crippen molar-refractivity contribution in [3.8, 4) is 5.75 Å². The standard InChI is InChI=1S/C26H26N2O6/c1-31-22-10-6-8-18-12-14-19(27-23(18)22)13-11-17-7-4-5-9-21(17)28-16-34-15-20(25(29)32-2)24(28)26(30)33-3/h4-10,12,14H,11,13,15-16H2,1-3H3. The van der Waals surface area contributed by atoms with Gasteiger partial charge in [-0.05, 0) is 36.6 Å². The quantitative estimate of drug-likeness (QED) is 0.494. The zero-order valence-corrected chi connectivity index (χ0v) is 19.4. The number of fused-ring (bicyclic) bond motifs is 1. The molecule has 0 unspecified atom stereocenters. The van der Waals surface area contributed by atoms with Crippen LogP contribution >= 0.6 is 0 Å². The molecule has 0 spiro atoms. The highest BCUT2D eigenvalue weighted by Crippen LogP contribution is 2.30. The zero-order valence-electron chi connectivity index (χ0n) is 19.4. The molecule has 2 heterocycles. The zero-order chi connectivity index (χ0) is 24.1. The Morgan fingerprint density at radius 3 is 2.50 bits per heavy atom. The van der Waals surface area contributed by atoms with Gasteiger partial charge in [0.05, 0.1) is 33.5 Å². The summed E-state index contributed by atoms with van der Waals surface area (Å²) >= 11 is 0. The predicted octanol–water partition coefficient (Wildman–Crippen LogP) is 3.42. The van der Waals surface area contributed by atoms with Crippen LogP contribution in [0.2, 0.25) is 0 Å². The van der Waals surface area contributed by atoms with Gasteiger partial charge in [-0.15, -0.1) is 0 Å². The number of nitrogens with zero attached hydrogens (tertiary/aromatic N) is 2. The molecular formula is C26H26N2O6. The summed E-state index contributed by atoms with van der Waals surface area (Å²) in [4.78, 5) is 31.4. The number of pyridine rings is 1. The summed E-state index contributed by atoms with van der Waals surface area (Å²) in [6.45, 7) is 0.0754. The SMILES string of the molecule is COC(=O)C1=C(C(=O)OC)N(c2ccccc2CCc2ccc3cccc(OC)c3n2)COC1. The largest absolute Gasteiger partial charge is 0.494 e. The van der Waals surface area contributed by atoms with Crippen molar-refractivity contribution in [3.63, 3.8) is 0 Å². The molecule has 1 aliphatic rings. The van der Waals surface area contributed by atoms with Gasteiger partial charge < -0.3 is 23.8 Å². The van der Waals surface area contributed by atoms with Gasteiger partial charge in [-0.2, -0.15) is 0 Å². The van der Waals surface area contributed by atoms with Crippen molar-refractivity contribution in [1.29, 1.82) is 0 Å². The summed E-state index contributed by atoms with van der Waals surface area (Å²) < 4.78 is 20.9. The Labute approximate surface area is 197 Å². The molecule has 4 rings (SSSR count). The van der Waals surface area contributed by atoms with E-state index in [9.17, 15) is 9.59 Å². The number of hydrogen-bond donors (Lipinski definition) is 0. The number of anilines is 1. The summed E-state index contributed by atoms with van der Waals surface area (Å²) in [5.41, 5.74) is 3.71. The first-order valence-corrected chi connectivity index (χ1v) is 10.8. The van der Waals surface area contributed by atoms with Crippen molar-refractivity contribution < 1.29 is 28.5 Å². The fourth-order valence-corrected chi connectivity index (χ4v) is 4.05. The minimum Gasteiger partial charge on any atom is -0.494 e. The van der Waals surface area contributed by atoms with Gasteiger partial charge in [0.1, 0.15) is 23.7 Å². The van der Waals surface area contributed by atoms with Gasteiger partial charge in [-0.3, -0.25) is 0 Å². The van der Waals surface area contributed by atoms with Crippen LogP contribution in [0, 0.1) is 0 Å². The van der Waals surface area contributed by atoms with E-state index < -0.39 is 11.9 Å². The van der Waals surface area contributed by atoms with E-state index >= 15 is 0 Å². The molecule has 0 saturated heterocycles. The second-order valence-corrected chi connectivity index (χ2v) is 7.68. The van der Waals surface area contributed by atoms with Gasteiger partial charge in [0.2, 0.25) is 0 Å². The summed E-state index contributed by atoms with van der Waals surface area (Å²) in [7, 11) is 4.18. The van der Waals surface area contributed by atoms with Crippen molar-refractivity contribution in [1.82, 2.24) is 4.98 Å². The Balaban J connectivity index is 1.66. The van der Waals surface area contributed by atoms with Crippen molar-refractivity contribution in [2.75, 3.05) is 39.6 Å². The van der Waals surface area contributed by atoms with Crippen LogP contribution in [0.1, 0.15) is 11.3 Å². The number of carbonyl (C=O) groups is 2. The van der Waals surface area contributed by atoms with Gasteiger partial charge in [0, 0.05) is 16.8 Å². The first-order chi connectivity index (χ1) is 16.6. The molecule has 8 nitrogen and oxygen atoms in total. The molecule has 1 aliphatic heterocycles. The number of hydrogen-bond acceptors (Lipinski definition) is 8. The lowest BCUT2D eigenvalue weighted by atomic mass is 10.0. The fourth-order valence-electron chi connectivity index (χ4n) is 4.05. The Hall–Kier alpha value is -3.91. The molecule has 176 valence electrons. The summed E-state index contributed by atoms with van der Waals surface area (Å²) in [6, 6.07) is 17.5. The fraction of sp³-hybridized carbons (Fsp3) is 0.269. The number of methoxy groups -OCH3 is 3. The number of ether oxygens (including phenoxy) is 4. The maximum atomic E-state index is 12.6. The first-order valence-electron chi connectivity index (χ1n) is 10.8. The molecule has 0 N–H and O–H groups in total. The smallest absolute Gasteiger partial charge is 0.355 e. The Bertz CT molecular complexity index is 1250. The summed E-state index contributed by atoms with van der Waals surface area (Å²) in [6.07, 6.45) is 1.32. The van der Waals surface area contributed by atoms with Gasteiger partial charge in [-0.25, -0.2) is 14.6 Å². The summed E-state index contributed by atoms with van der Waals surface area (Å²) in [5, 5.41) is 1.01. The van der Waals surface area contributed by atoms with E-state index in [2.05, 4.69) is 0 Å². The van der Waals surface area contributed by atoms with Crippen LogP contribution in [0.4, 0.5) is 5.69 Å². The normalized spacial score (nSPS) is 13.7. The highest BCUT2D eigenvalue weighted by molar-refractivity contribution is 6.03. The van der Waals surface area contributed by atoms with E-state index in [4.69, 9.17) is 23.9 Å². The molecule has 0 fully saturated rings. The molecule has 1 aromatic heterocycles. The van der Waals surface area contributed by atoms with Crippen LogP contribution in [0.25, 0.3) is 10.9 Å². The van der Waals surface area contributed by atoms with E-state index in [1.54, 1.807) is 12.0 Å². The van der Waals surface area contributed by atoms with E-state index in [1.807, 2.05) is 54.6 Å². The van der Waals surface area contributed by atoms with Crippen molar-refractivity contribution >= 4 is 28.5 Å². The van der Waals surface area contributed by atoms with Crippen LogP contribution < -0.4 is 9.64 Å². The van der Waals surface area contributed by atoms with Gasteiger partial charge in [-0.1, -0.05) is 36.4 Å². The maximum Gasteiger partial charge on any atom is 0.355 e. The van der Waals surface area contributed by atoms with Gasteiger partial charge in [0.15, 0.2) is 0 Å². The first kappa shape index (κ1) is 23.3. The summed E-state index contributed by atoms with van der Waals surface area (Å²) in [5.74, 6) is -0.521. The molecule has 0 aliphatic carbocycles. The number of aromatic nitrogens is 1. The molecule has 8 heteroatoms. The molecule has 0 amide bonds. The molecule has 0 radical (unpaired) electrons. The van der Waals surface area contributed by atoms with Crippen LogP contribution in [0.3, 0.4) is 0 Å². The number of benzene rings is 2. The molecule has 34 heavy (non-hydrogen) atoms. The van der Waals surface area contributed by atoms with Crippen molar-refractivity contribution in [3.05, 3.63) is 77.1 Å². The third-order valence-corrected chi connectivity index (χ3v) is 5.73. The number of aryl methyl sites for hydroxylation is 2. The minimum absolute atomic E-state index is 0.0292. The highest BCUT2D eigenvalue weighted by atomic mass is 16.5. The van der Waals surface area contributed by atoms with Crippen LogP contribution in [-0.2, 0) is 36.6 Å². The third kappa shape index (κ3) is 4.58. The van der Waals surface area contributed by atoms with Gasteiger partial charge >= 0.3 is 11.9 Å². The molecule has 0 bridgehead atoms. The molecular weight excluding hydrogens is 436 g/mol. The Kier molecular flexibility index (Phi) is 7.08. The monoisotopic (exact) mass is 462 g/mol. The number of rotatable bonds is 7. The third-order valence-electron chi connectivity index (χ3n) is 5.73. The van der Waals surface area contributed by atoms with Crippen molar-refractivity contribution in [2.45, 2.75) is 12.8 Å². The van der Waals surface area contributed by atoms with E-state index in [1.165, 1.54) is 14.2 Å². The van der Waals surface area contributed by atoms with E-state index in [0.29, 0.717) is 12.8 Å². The minimum atomic E-state index is -0.628. The van der Waals surface area contributed by atoms with E-state index in [0.717, 1.165) is 33.6 Å². The van der Waals surface area contributed by atoms with Crippen LogP contribution in [-0.4, -0.2) is 51.6 Å². The second kappa shape index (κ2) is 10.4. The second-order valence-electron chi connectivity index (χ2n) is 7.68. The topological polar surface area (TPSA) is 87.2 Å². The number of carbonyl (C=O) groups excluding carboxylic acids is 2. The average molecular weight is 463 g/mol. The number of esters is 2. The van der Waals surface area contributed by atoms with Crippen LogP contribution in [0.15, 0.2) is 65.9 Å². The molecule has 0 saturated carbocycles. The highest BCUT2D eigenvalue weighted by Gasteiger charge is 2.33. The molecule has 2 aromatic carbocycles. The van der Waals surface area contributed by atoms with Crippen LogP contribution in [0.5, 0.6) is 5.75 Å². The average Bonchev–Trinajstić information content (AvgIpc) is 2.90. The molecule has 0 atom stereocenters. The van der Waals surface area contributed by atoms with Gasteiger partial charge in [0.25, 0.3) is 0 Å². The van der Waals surface area contributed by atoms with Crippen molar-refractivity contribution in [2.24, 2.45) is 0 Å². The lowest BCUT2D eigenvalue weighted by molar-refractivity contribution is -0.140. The Morgan fingerprint density at radius 2 is 1.74 bits per heavy atom. The lowest BCUT2D eigenvalue weighted by Crippen LogP contribution is -2.39. The Morgan fingerprint density at radius 1 is 0.941 bits per heavy atom. The lowest BCUT2D eigenvalue weighted by Gasteiger charge is -2.32. The molecule has 3 aromatic rings.